The van der Waals surface area contributed by atoms with Crippen LogP contribution in [-0.4, -0.2) is 61.8 Å². The van der Waals surface area contributed by atoms with Gasteiger partial charge in [0.15, 0.2) is 6.10 Å². The van der Waals surface area contributed by atoms with E-state index in [1.807, 2.05) is 0 Å². The molecule has 0 rings (SSSR count). The molecule has 0 aromatic heterocycles. The standard InChI is InChI=1S/C7H11O11P/c8-3(2-17-19(14,15)16)7(13)18-4(6(11)12)1-5(9)10/h3-4,8H,1-2H2,(H,9,10)(H,11,12)(H2,14,15,16). The molecule has 0 saturated heterocycles. The first-order valence-corrected chi connectivity index (χ1v) is 6.09. The van der Waals surface area contributed by atoms with E-state index in [1.165, 1.54) is 0 Å². The van der Waals surface area contributed by atoms with Gasteiger partial charge in [-0.05, 0) is 0 Å². The molecule has 0 amide bonds. The topological polar surface area (TPSA) is 188 Å². The first-order valence-electron chi connectivity index (χ1n) is 4.56. The molecule has 0 aliphatic heterocycles. The van der Waals surface area contributed by atoms with Crippen LogP contribution in [-0.2, 0) is 28.2 Å². The highest BCUT2D eigenvalue weighted by molar-refractivity contribution is 7.46. The highest BCUT2D eigenvalue weighted by Crippen LogP contribution is 2.35. The number of hydrogen-bond donors (Lipinski definition) is 5. The van der Waals surface area contributed by atoms with E-state index in [0.717, 1.165) is 0 Å². The van der Waals surface area contributed by atoms with E-state index < -0.39 is 51.0 Å². The SMILES string of the molecule is O=C(O)CC(OC(=O)C(O)COP(=O)(O)O)C(=O)O. The summed E-state index contributed by atoms with van der Waals surface area (Å²) in [6, 6.07) is 0. The lowest BCUT2D eigenvalue weighted by molar-refractivity contribution is -0.173. The Morgan fingerprint density at radius 2 is 1.68 bits per heavy atom. The minimum Gasteiger partial charge on any atom is -0.481 e. The largest absolute Gasteiger partial charge is 0.481 e. The number of aliphatic carboxylic acids is 2. The molecule has 0 spiro atoms. The number of aliphatic hydroxyl groups is 1. The van der Waals surface area contributed by atoms with E-state index >= 15 is 0 Å². The summed E-state index contributed by atoms with van der Waals surface area (Å²) in [7, 11) is -4.91. The predicted molar refractivity (Wildman–Crippen MR) is 53.8 cm³/mol. The summed E-state index contributed by atoms with van der Waals surface area (Å²) in [6.07, 6.45) is -5.23. The highest BCUT2D eigenvalue weighted by Gasteiger charge is 2.29. The molecule has 5 N–H and O–H groups in total. The molecule has 0 bridgehead atoms. The summed E-state index contributed by atoms with van der Waals surface area (Å²) < 4.78 is 18.2. The maximum atomic E-state index is 11.1. The van der Waals surface area contributed by atoms with Crippen molar-refractivity contribution in [3.8, 4) is 0 Å². The molecule has 2 atom stereocenters. The predicted octanol–water partition coefficient (Wildman–Crippen LogP) is -2.07. The lowest BCUT2D eigenvalue weighted by Gasteiger charge is -2.15. The molecular weight excluding hydrogens is 291 g/mol. The second-order valence-corrected chi connectivity index (χ2v) is 4.40. The van der Waals surface area contributed by atoms with E-state index in [2.05, 4.69) is 9.26 Å². The lowest BCUT2D eigenvalue weighted by Crippen LogP contribution is -2.36. The Morgan fingerprint density at radius 1 is 1.16 bits per heavy atom. The third-order valence-corrected chi connectivity index (χ3v) is 2.05. The van der Waals surface area contributed by atoms with Gasteiger partial charge in [-0.3, -0.25) is 9.32 Å². The Labute approximate surface area is 105 Å². The molecule has 0 fully saturated rings. The molecule has 0 aromatic rings. The van der Waals surface area contributed by atoms with Crippen LogP contribution >= 0.6 is 7.82 Å². The van der Waals surface area contributed by atoms with E-state index in [9.17, 15) is 18.9 Å². The quantitative estimate of drug-likeness (QED) is 0.244. The molecule has 11 nitrogen and oxygen atoms in total. The lowest BCUT2D eigenvalue weighted by atomic mass is 10.2. The molecule has 0 aliphatic rings. The van der Waals surface area contributed by atoms with Crippen LogP contribution in [0.25, 0.3) is 0 Å². The Hall–Kier alpha value is -1.52. The smallest absolute Gasteiger partial charge is 0.469 e. The summed E-state index contributed by atoms with van der Waals surface area (Å²) >= 11 is 0. The van der Waals surface area contributed by atoms with Crippen molar-refractivity contribution in [1.29, 1.82) is 0 Å². The minimum absolute atomic E-state index is 1.03. The van der Waals surface area contributed by atoms with Crippen molar-refractivity contribution in [1.82, 2.24) is 0 Å². The average molecular weight is 302 g/mol. The fourth-order valence-electron chi connectivity index (χ4n) is 0.792. The number of phosphoric ester groups is 1. The van der Waals surface area contributed by atoms with Crippen molar-refractivity contribution in [3.63, 3.8) is 0 Å². The van der Waals surface area contributed by atoms with Gasteiger partial charge in [0.25, 0.3) is 0 Å². The second kappa shape index (κ2) is 7.16. The molecule has 0 radical (unpaired) electrons. The summed E-state index contributed by atoms with van der Waals surface area (Å²) in [4.78, 5) is 48.5. The fourth-order valence-corrected chi connectivity index (χ4v) is 1.13. The molecule has 12 heteroatoms. The Kier molecular flexibility index (Phi) is 6.59. The number of rotatable bonds is 8. The van der Waals surface area contributed by atoms with Crippen molar-refractivity contribution >= 4 is 25.7 Å². The van der Waals surface area contributed by atoms with Gasteiger partial charge in [0.05, 0.1) is 13.0 Å². The van der Waals surface area contributed by atoms with Gasteiger partial charge in [0.2, 0.25) is 6.10 Å². The molecule has 110 valence electrons. The van der Waals surface area contributed by atoms with Crippen LogP contribution in [0.15, 0.2) is 0 Å². The van der Waals surface area contributed by atoms with Crippen molar-refractivity contribution in [2.24, 2.45) is 0 Å². The van der Waals surface area contributed by atoms with Gasteiger partial charge in [-0.15, -0.1) is 0 Å². The van der Waals surface area contributed by atoms with E-state index in [-0.39, 0.29) is 0 Å². The highest BCUT2D eigenvalue weighted by atomic mass is 31.2. The fraction of sp³-hybridized carbons (Fsp3) is 0.571. The van der Waals surface area contributed by atoms with Gasteiger partial charge in [-0.1, -0.05) is 0 Å². The van der Waals surface area contributed by atoms with Gasteiger partial charge in [0.1, 0.15) is 0 Å². The third kappa shape index (κ3) is 8.24. The minimum atomic E-state index is -4.91. The van der Waals surface area contributed by atoms with Crippen molar-refractivity contribution < 1.29 is 53.3 Å². The maximum absolute atomic E-state index is 11.1. The molecule has 2 unspecified atom stereocenters. The molecule has 0 saturated carbocycles. The van der Waals surface area contributed by atoms with Gasteiger partial charge in [-0.25, -0.2) is 14.2 Å². The maximum Gasteiger partial charge on any atom is 0.469 e. The van der Waals surface area contributed by atoms with Crippen LogP contribution in [0.1, 0.15) is 6.42 Å². The van der Waals surface area contributed by atoms with Crippen LogP contribution in [0.5, 0.6) is 0 Å². The number of carbonyl (C=O) groups is 3. The number of carboxylic acid groups (broad SMARTS) is 2. The second-order valence-electron chi connectivity index (χ2n) is 3.16. The number of phosphoric acid groups is 1. The van der Waals surface area contributed by atoms with Crippen LogP contribution < -0.4 is 0 Å². The Bertz CT molecular complexity index is 398. The van der Waals surface area contributed by atoms with E-state index in [4.69, 9.17) is 25.1 Å². The zero-order valence-corrected chi connectivity index (χ0v) is 10.1. The molecule has 19 heavy (non-hydrogen) atoms. The Morgan fingerprint density at radius 3 is 2.05 bits per heavy atom. The van der Waals surface area contributed by atoms with Crippen LogP contribution in [0.4, 0.5) is 0 Å². The van der Waals surface area contributed by atoms with Crippen LogP contribution in [0, 0.1) is 0 Å². The van der Waals surface area contributed by atoms with Crippen LogP contribution in [0.2, 0.25) is 0 Å². The monoisotopic (exact) mass is 302 g/mol. The van der Waals surface area contributed by atoms with Crippen molar-refractivity contribution in [3.05, 3.63) is 0 Å². The van der Waals surface area contributed by atoms with Crippen molar-refractivity contribution in [2.75, 3.05) is 6.61 Å². The van der Waals surface area contributed by atoms with Gasteiger partial charge in [0, 0.05) is 0 Å². The average Bonchev–Trinajstić information content (AvgIpc) is 2.22. The van der Waals surface area contributed by atoms with Gasteiger partial charge >= 0.3 is 25.7 Å². The molecule has 0 heterocycles. The summed E-state index contributed by atoms with van der Waals surface area (Å²) in [5.74, 6) is -4.89. The number of aliphatic hydroxyl groups excluding tert-OH is 1. The summed E-state index contributed by atoms with van der Waals surface area (Å²) in [5.41, 5.74) is 0. The Balaban J connectivity index is 4.43. The van der Waals surface area contributed by atoms with Gasteiger partial charge in [-0.2, -0.15) is 0 Å². The van der Waals surface area contributed by atoms with E-state index in [1.54, 1.807) is 0 Å². The molecular formula is C7H11O11P. The number of esters is 1. The molecule has 0 aromatic carbocycles. The molecule has 0 aliphatic carbocycles. The van der Waals surface area contributed by atoms with Gasteiger partial charge < -0.3 is 29.8 Å². The number of ether oxygens (including phenoxy) is 1. The van der Waals surface area contributed by atoms with Crippen molar-refractivity contribution in [2.45, 2.75) is 18.6 Å². The first-order chi connectivity index (χ1) is 8.53. The van der Waals surface area contributed by atoms with Crippen LogP contribution in [0.3, 0.4) is 0 Å². The summed E-state index contributed by atoms with van der Waals surface area (Å²) in [6.45, 7) is -1.14. The summed E-state index contributed by atoms with van der Waals surface area (Å²) in [5, 5.41) is 25.9. The first kappa shape index (κ1) is 17.5. The normalized spacial score (nSPS) is 14.5. The number of carboxylic acids is 2. The number of hydrogen-bond acceptors (Lipinski definition) is 7. The van der Waals surface area contributed by atoms with E-state index in [0.29, 0.717) is 0 Å². The number of carbonyl (C=O) groups excluding carboxylic acids is 1. The third-order valence-electron chi connectivity index (χ3n) is 1.57. The zero-order valence-electron chi connectivity index (χ0n) is 9.20. The zero-order chi connectivity index (χ0) is 15.2.